The molecular formula is C23H36O2. The van der Waals surface area contributed by atoms with Gasteiger partial charge in [-0.15, -0.1) is 0 Å². The summed E-state index contributed by atoms with van der Waals surface area (Å²) in [5.74, 6) is 2.06. The number of aliphatic hydroxyl groups is 1. The lowest BCUT2D eigenvalue weighted by Gasteiger charge is -2.42. The van der Waals surface area contributed by atoms with Crippen molar-refractivity contribution in [2.75, 3.05) is 6.61 Å². The van der Waals surface area contributed by atoms with Gasteiger partial charge in [-0.2, -0.15) is 0 Å². The number of benzene rings is 1. The minimum absolute atomic E-state index is 0.179. The van der Waals surface area contributed by atoms with Crippen molar-refractivity contribution >= 4 is 5.78 Å². The number of carbonyl (C=O) groups excluding carboxylic acids is 1. The third-order valence-corrected chi connectivity index (χ3v) is 6.20. The summed E-state index contributed by atoms with van der Waals surface area (Å²) in [6, 6.07) is 10.3. The molecule has 1 aromatic carbocycles. The highest BCUT2D eigenvalue weighted by Crippen LogP contribution is 2.45. The van der Waals surface area contributed by atoms with Crippen LogP contribution in [0, 0.1) is 23.2 Å². The molecule has 25 heavy (non-hydrogen) atoms. The number of hydrogen-bond donors (Lipinski definition) is 1. The summed E-state index contributed by atoms with van der Waals surface area (Å²) in [7, 11) is 0. The molecule has 140 valence electrons. The number of Topliss-reactive ketones (excluding diaryl/α,β-unsaturated/α-hetero) is 1. The molecule has 2 nitrogen and oxygen atoms in total. The molecule has 0 aromatic heterocycles. The van der Waals surface area contributed by atoms with E-state index in [1.807, 2.05) is 18.2 Å². The maximum atomic E-state index is 13.1. The van der Waals surface area contributed by atoms with Crippen LogP contribution in [0.4, 0.5) is 0 Å². The van der Waals surface area contributed by atoms with Crippen molar-refractivity contribution in [1.29, 1.82) is 0 Å². The van der Waals surface area contributed by atoms with Crippen molar-refractivity contribution in [3.05, 3.63) is 35.9 Å². The van der Waals surface area contributed by atoms with E-state index in [9.17, 15) is 9.90 Å². The topological polar surface area (TPSA) is 37.3 Å². The molecule has 0 radical (unpaired) electrons. The zero-order chi connectivity index (χ0) is 18.4. The number of hydrogen-bond acceptors (Lipinski definition) is 2. The summed E-state index contributed by atoms with van der Waals surface area (Å²) in [5, 5.41) is 9.41. The molecule has 0 heterocycles. The Morgan fingerprint density at radius 3 is 2.48 bits per heavy atom. The first kappa shape index (κ1) is 20.2. The van der Waals surface area contributed by atoms with Crippen molar-refractivity contribution in [2.45, 2.75) is 72.1 Å². The van der Waals surface area contributed by atoms with Crippen molar-refractivity contribution in [2.24, 2.45) is 23.2 Å². The lowest BCUT2D eigenvalue weighted by molar-refractivity contribution is -0.128. The lowest BCUT2D eigenvalue weighted by atomic mass is 9.62. The van der Waals surface area contributed by atoms with Crippen LogP contribution < -0.4 is 0 Å². The van der Waals surface area contributed by atoms with E-state index in [2.05, 4.69) is 39.8 Å². The van der Waals surface area contributed by atoms with E-state index >= 15 is 0 Å². The molecule has 0 spiro atoms. The molecule has 0 bridgehead atoms. The Labute approximate surface area is 154 Å². The highest BCUT2D eigenvalue weighted by atomic mass is 16.3. The van der Waals surface area contributed by atoms with Crippen LogP contribution in [0.25, 0.3) is 0 Å². The normalized spacial score (nSPS) is 24.2. The summed E-state index contributed by atoms with van der Waals surface area (Å²) in [6.45, 7) is 9.33. The van der Waals surface area contributed by atoms with Crippen molar-refractivity contribution < 1.29 is 9.90 Å². The average molecular weight is 345 g/mol. The fourth-order valence-corrected chi connectivity index (χ4v) is 4.62. The molecule has 0 amide bonds. The first-order valence-electron chi connectivity index (χ1n) is 10.0. The Morgan fingerprint density at radius 1 is 1.20 bits per heavy atom. The Kier molecular flexibility index (Phi) is 7.25. The van der Waals surface area contributed by atoms with Crippen molar-refractivity contribution in [3.8, 4) is 0 Å². The van der Waals surface area contributed by atoms with E-state index in [0.29, 0.717) is 24.0 Å². The van der Waals surface area contributed by atoms with Crippen LogP contribution in [0.3, 0.4) is 0 Å². The van der Waals surface area contributed by atoms with E-state index in [0.717, 1.165) is 19.3 Å². The fourth-order valence-electron chi connectivity index (χ4n) is 4.62. The second-order valence-electron chi connectivity index (χ2n) is 9.05. The largest absolute Gasteiger partial charge is 0.396 e. The molecular weight excluding hydrogens is 308 g/mol. The van der Waals surface area contributed by atoms with Crippen molar-refractivity contribution in [3.63, 3.8) is 0 Å². The van der Waals surface area contributed by atoms with E-state index in [1.165, 1.54) is 18.4 Å². The minimum atomic E-state index is 0.179. The quantitative estimate of drug-likeness (QED) is 0.666. The van der Waals surface area contributed by atoms with Crippen LogP contribution in [-0.4, -0.2) is 17.5 Å². The third-order valence-electron chi connectivity index (χ3n) is 6.20. The molecule has 3 atom stereocenters. The first-order chi connectivity index (χ1) is 11.8. The molecule has 2 rings (SSSR count). The molecule has 1 aliphatic carbocycles. The Balaban J connectivity index is 2.03. The van der Waals surface area contributed by atoms with Gasteiger partial charge in [-0.25, -0.2) is 0 Å². The molecule has 1 aliphatic rings. The lowest BCUT2D eigenvalue weighted by Crippen LogP contribution is -2.37. The predicted molar refractivity (Wildman–Crippen MR) is 105 cm³/mol. The second-order valence-corrected chi connectivity index (χ2v) is 9.05. The van der Waals surface area contributed by atoms with E-state index in [1.54, 1.807) is 0 Å². The van der Waals surface area contributed by atoms with Crippen molar-refractivity contribution in [1.82, 2.24) is 0 Å². The fraction of sp³-hybridized carbons (Fsp3) is 0.696. The summed E-state index contributed by atoms with van der Waals surface area (Å²) in [6.07, 6.45) is 5.68. The maximum Gasteiger partial charge on any atom is 0.136 e. The van der Waals surface area contributed by atoms with Crippen LogP contribution in [0.1, 0.15) is 77.7 Å². The molecule has 0 saturated heterocycles. The molecule has 1 saturated carbocycles. The Morgan fingerprint density at radius 2 is 1.88 bits per heavy atom. The summed E-state index contributed by atoms with van der Waals surface area (Å²) in [4.78, 5) is 13.1. The Hall–Kier alpha value is -1.15. The van der Waals surface area contributed by atoms with E-state index in [4.69, 9.17) is 0 Å². The van der Waals surface area contributed by atoms with Gasteiger partial charge in [-0.1, -0.05) is 58.0 Å². The molecule has 1 aromatic rings. The molecule has 0 aliphatic heterocycles. The summed E-state index contributed by atoms with van der Waals surface area (Å²) < 4.78 is 0. The van der Waals surface area contributed by atoms with Gasteiger partial charge >= 0.3 is 0 Å². The molecule has 3 unspecified atom stereocenters. The van der Waals surface area contributed by atoms with Crippen LogP contribution in [-0.2, 0) is 4.79 Å². The van der Waals surface area contributed by atoms with Crippen LogP contribution in [0.5, 0.6) is 0 Å². The van der Waals surface area contributed by atoms with Gasteiger partial charge in [0.1, 0.15) is 5.78 Å². The van der Waals surface area contributed by atoms with Gasteiger partial charge in [0.05, 0.1) is 0 Å². The highest BCUT2D eigenvalue weighted by Gasteiger charge is 2.39. The minimum Gasteiger partial charge on any atom is -0.396 e. The number of rotatable bonds is 8. The number of carbonyl (C=O) groups is 1. The zero-order valence-corrected chi connectivity index (χ0v) is 16.5. The highest BCUT2D eigenvalue weighted by molar-refractivity contribution is 5.81. The van der Waals surface area contributed by atoms with Gasteiger partial charge in [-0.05, 0) is 60.8 Å². The van der Waals surface area contributed by atoms with Gasteiger partial charge in [0.25, 0.3) is 0 Å². The van der Waals surface area contributed by atoms with Gasteiger partial charge in [0, 0.05) is 18.9 Å². The smallest absolute Gasteiger partial charge is 0.136 e. The summed E-state index contributed by atoms with van der Waals surface area (Å²) in [5.41, 5.74) is 1.53. The van der Waals surface area contributed by atoms with E-state index < -0.39 is 0 Å². The average Bonchev–Trinajstić information content (AvgIpc) is 2.58. The zero-order valence-electron chi connectivity index (χ0n) is 16.5. The van der Waals surface area contributed by atoms with Gasteiger partial charge < -0.3 is 5.11 Å². The summed E-state index contributed by atoms with van der Waals surface area (Å²) >= 11 is 0. The maximum absolute atomic E-state index is 13.1. The molecule has 2 heteroatoms. The number of aliphatic hydroxyl groups excluding tert-OH is 1. The van der Waals surface area contributed by atoms with Gasteiger partial charge in [0.15, 0.2) is 0 Å². The monoisotopic (exact) mass is 344 g/mol. The van der Waals surface area contributed by atoms with Crippen LogP contribution >= 0.6 is 0 Å². The molecule has 1 fully saturated rings. The van der Waals surface area contributed by atoms with Crippen LogP contribution in [0.2, 0.25) is 0 Å². The predicted octanol–water partition coefficient (Wildman–Crippen LogP) is 5.60. The van der Waals surface area contributed by atoms with E-state index in [-0.39, 0.29) is 23.9 Å². The third kappa shape index (κ3) is 5.67. The molecule has 1 N–H and O–H groups in total. The standard InChI is InChI=1S/C23H36O2/c1-17(2)20-12-14-23(3,4)16-21(20)22(25)11-10-19(13-15-24)18-8-6-5-7-9-18/h5-9,17,19-21,24H,10-16H2,1-4H3. The van der Waals surface area contributed by atoms with Gasteiger partial charge in [-0.3, -0.25) is 4.79 Å². The van der Waals surface area contributed by atoms with Crippen LogP contribution in [0.15, 0.2) is 30.3 Å². The second kappa shape index (κ2) is 8.98. The Bertz CT molecular complexity index is 532. The first-order valence-corrected chi connectivity index (χ1v) is 10.0. The SMILES string of the molecule is CC(C)C1CCC(C)(C)CC1C(=O)CCC(CCO)c1ccccc1. The number of ketones is 1. The van der Waals surface area contributed by atoms with Gasteiger partial charge in [0.2, 0.25) is 0 Å².